The molecule has 3 atom stereocenters. The van der Waals surface area contributed by atoms with Crippen LogP contribution in [-0.2, 0) is 11.2 Å². The Balaban J connectivity index is 1.61. The van der Waals surface area contributed by atoms with E-state index in [0.717, 1.165) is 30.7 Å². The first kappa shape index (κ1) is 19.6. The quantitative estimate of drug-likeness (QED) is 0.724. The van der Waals surface area contributed by atoms with E-state index < -0.39 is 34.5 Å². The minimum Gasteiger partial charge on any atom is -0.378 e. The molecule has 1 aliphatic carbocycles. The normalized spacial score (nSPS) is 23.6. The maximum atomic E-state index is 14.7. The van der Waals surface area contributed by atoms with Crippen molar-refractivity contribution in [3.8, 4) is 11.3 Å². The van der Waals surface area contributed by atoms with Crippen LogP contribution in [0.5, 0.6) is 0 Å². The molecule has 2 aliphatic rings. The smallest absolute Gasteiger partial charge is 0.248 e. The summed E-state index contributed by atoms with van der Waals surface area (Å²) in [6.45, 7) is 0.704. The molecule has 1 saturated heterocycles. The van der Waals surface area contributed by atoms with Gasteiger partial charge in [-0.25, -0.2) is 17.6 Å². The number of H-pyrrole nitrogens is 1. The number of benzene rings is 1. The zero-order valence-electron chi connectivity index (χ0n) is 15.4. The number of halogens is 4. The molecule has 4 rings (SSSR count). The average Bonchev–Trinajstić information content (AvgIpc) is 2.64. The molecule has 0 saturated carbocycles. The van der Waals surface area contributed by atoms with Gasteiger partial charge in [0.05, 0.1) is 11.8 Å². The molecule has 0 spiro atoms. The second kappa shape index (κ2) is 7.99. The summed E-state index contributed by atoms with van der Waals surface area (Å²) in [4.78, 5) is 13.6. The van der Waals surface area contributed by atoms with Crippen LogP contribution >= 0.6 is 0 Å². The van der Waals surface area contributed by atoms with Gasteiger partial charge in [-0.3, -0.25) is 4.79 Å². The van der Waals surface area contributed by atoms with E-state index in [2.05, 4.69) is 4.98 Å². The van der Waals surface area contributed by atoms with Crippen molar-refractivity contribution in [1.29, 1.82) is 0 Å². The summed E-state index contributed by atoms with van der Waals surface area (Å²) >= 11 is 0. The second-order valence-electron chi connectivity index (χ2n) is 7.43. The molecule has 1 aromatic carbocycles. The topological polar surface area (TPSA) is 42.1 Å². The third-order valence-corrected chi connectivity index (χ3v) is 5.48. The van der Waals surface area contributed by atoms with E-state index in [0.29, 0.717) is 13.0 Å². The highest BCUT2D eigenvalue weighted by Crippen LogP contribution is 2.35. The zero-order chi connectivity index (χ0) is 20.5. The van der Waals surface area contributed by atoms with Crippen molar-refractivity contribution >= 4 is 0 Å². The summed E-state index contributed by atoms with van der Waals surface area (Å²) < 4.78 is 62.6. The predicted octanol–water partition coefficient (Wildman–Crippen LogP) is 4.84. The molecule has 0 radical (unpaired) electrons. The standard InChI is InChI=1S/C22H19F4NO2/c23-15-2-1-12(9-16-5-6-29-16)13(8-15)7-14-10-20(26)17(11-19(14)25)22-18(24)3-4-21(28)27-22/h1-4,8,10-13,16H,5-7,9H2,(H,27,28)/t12-,13?,16?/m1/s1. The Morgan fingerprint density at radius 2 is 1.83 bits per heavy atom. The third-order valence-electron chi connectivity index (χ3n) is 5.48. The van der Waals surface area contributed by atoms with Crippen LogP contribution in [0.4, 0.5) is 17.6 Å². The Morgan fingerprint density at radius 1 is 1.03 bits per heavy atom. The van der Waals surface area contributed by atoms with Crippen LogP contribution in [-0.4, -0.2) is 17.7 Å². The third kappa shape index (κ3) is 4.19. The minimum atomic E-state index is -0.864. The number of aromatic amines is 1. The highest BCUT2D eigenvalue weighted by atomic mass is 19.1. The number of rotatable bonds is 5. The SMILES string of the molecule is O=c1ccc(F)c(-c2cc(F)c(CC3C=C(F)C=C[C@@H]3CC3CCO3)cc2F)[nH]1. The first-order chi connectivity index (χ1) is 13.9. The van der Waals surface area contributed by atoms with Crippen LogP contribution in [0, 0.1) is 29.3 Å². The van der Waals surface area contributed by atoms with Crippen LogP contribution in [0.25, 0.3) is 11.3 Å². The van der Waals surface area contributed by atoms with Gasteiger partial charge in [-0.1, -0.05) is 6.08 Å². The van der Waals surface area contributed by atoms with Crippen molar-refractivity contribution < 1.29 is 22.3 Å². The van der Waals surface area contributed by atoms with Gasteiger partial charge in [0, 0.05) is 18.2 Å². The van der Waals surface area contributed by atoms with Crippen LogP contribution < -0.4 is 5.56 Å². The van der Waals surface area contributed by atoms with E-state index in [9.17, 15) is 22.4 Å². The van der Waals surface area contributed by atoms with Crippen molar-refractivity contribution in [2.75, 3.05) is 6.61 Å². The molecular formula is C22H19F4NO2. The Morgan fingerprint density at radius 3 is 2.55 bits per heavy atom. The molecule has 1 N–H and O–H groups in total. The van der Waals surface area contributed by atoms with E-state index in [4.69, 9.17) is 4.74 Å². The van der Waals surface area contributed by atoms with Crippen molar-refractivity contribution in [2.45, 2.75) is 25.4 Å². The van der Waals surface area contributed by atoms with Gasteiger partial charge in [0.1, 0.15) is 23.3 Å². The Hall–Kier alpha value is -2.67. The Bertz CT molecular complexity index is 1040. The highest BCUT2D eigenvalue weighted by molar-refractivity contribution is 5.61. The van der Waals surface area contributed by atoms with Gasteiger partial charge in [-0.15, -0.1) is 0 Å². The van der Waals surface area contributed by atoms with Crippen LogP contribution in [0.15, 0.2) is 53.1 Å². The molecular weight excluding hydrogens is 386 g/mol. The van der Waals surface area contributed by atoms with Gasteiger partial charge in [0.15, 0.2) is 0 Å². The fourth-order valence-electron chi connectivity index (χ4n) is 3.82. The van der Waals surface area contributed by atoms with Crippen molar-refractivity contribution in [2.24, 2.45) is 11.8 Å². The highest BCUT2D eigenvalue weighted by Gasteiger charge is 2.29. The number of pyridine rings is 1. The van der Waals surface area contributed by atoms with Gasteiger partial charge in [-0.05, 0) is 67.0 Å². The van der Waals surface area contributed by atoms with Gasteiger partial charge in [-0.2, -0.15) is 0 Å². The van der Waals surface area contributed by atoms with Gasteiger partial charge in [0.2, 0.25) is 5.56 Å². The second-order valence-corrected chi connectivity index (χ2v) is 7.43. The summed E-state index contributed by atoms with van der Waals surface area (Å²) in [5, 5.41) is 0. The molecule has 2 aromatic rings. The number of ether oxygens (including phenoxy) is 1. The van der Waals surface area contributed by atoms with E-state index in [1.165, 1.54) is 12.2 Å². The monoisotopic (exact) mass is 405 g/mol. The molecule has 0 amide bonds. The fourth-order valence-corrected chi connectivity index (χ4v) is 3.82. The molecule has 1 fully saturated rings. The first-order valence-corrected chi connectivity index (χ1v) is 9.45. The number of aromatic nitrogens is 1. The summed E-state index contributed by atoms with van der Waals surface area (Å²) in [5.74, 6) is -3.28. The van der Waals surface area contributed by atoms with Crippen LogP contribution in [0.1, 0.15) is 18.4 Å². The van der Waals surface area contributed by atoms with E-state index in [1.807, 2.05) is 0 Å². The summed E-state index contributed by atoms with van der Waals surface area (Å²) in [5.41, 5.74) is -1.34. The van der Waals surface area contributed by atoms with Crippen molar-refractivity contribution in [3.05, 3.63) is 81.7 Å². The number of hydrogen-bond acceptors (Lipinski definition) is 2. The number of nitrogens with one attached hydrogen (secondary N) is 1. The molecule has 2 unspecified atom stereocenters. The lowest BCUT2D eigenvalue weighted by molar-refractivity contribution is -0.0622. The predicted molar refractivity (Wildman–Crippen MR) is 100 cm³/mol. The van der Waals surface area contributed by atoms with Gasteiger partial charge < -0.3 is 9.72 Å². The first-order valence-electron chi connectivity index (χ1n) is 9.45. The van der Waals surface area contributed by atoms with E-state index >= 15 is 0 Å². The molecule has 152 valence electrons. The number of hydrogen-bond donors (Lipinski definition) is 1. The lowest BCUT2D eigenvalue weighted by atomic mass is 9.79. The molecule has 1 aliphatic heterocycles. The summed E-state index contributed by atoms with van der Waals surface area (Å²) in [6.07, 6.45) is 6.35. The van der Waals surface area contributed by atoms with E-state index in [1.54, 1.807) is 6.08 Å². The zero-order valence-corrected chi connectivity index (χ0v) is 15.4. The lowest BCUT2D eigenvalue weighted by Gasteiger charge is -2.33. The van der Waals surface area contributed by atoms with Crippen molar-refractivity contribution in [3.63, 3.8) is 0 Å². The molecule has 0 bridgehead atoms. The minimum absolute atomic E-state index is 0.0511. The van der Waals surface area contributed by atoms with Gasteiger partial charge >= 0.3 is 0 Å². The fraction of sp³-hybridized carbons (Fsp3) is 0.318. The van der Waals surface area contributed by atoms with Crippen molar-refractivity contribution in [1.82, 2.24) is 4.98 Å². The maximum absolute atomic E-state index is 14.7. The summed E-state index contributed by atoms with van der Waals surface area (Å²) in [7, 11) is 0. The number of allylic oxidation sites excluding steroid dienone is 4. The lowest BCUT2D eigenvalue weighted by Crippen LogP contribution is -2.31. The summed E-state index contributed by atoms with van der Waals surface area (Å²) in [6, 6.07) is 3.71. The van der Waals surface area contributed by atoms with Crippen LogP contribution in [0.3, 0.4) is 0 Å². The maximum Gasteiger partial charge on any atom is 0.248 e. The van der Waals surface area contributed by atoms with Gasteiger partial charge in [0.25, 0.3) is 0 Å². The molecule has 3 nitrogen and oxygen atoms in total. The average molecular weight is 405 g/mol. The Labute approximate surface area is 164 Å². The molecule has 1 aromatic heterocycles. The molecule has 7 heteroatoms. The largest absolute Gasteiger partial charge is 0.378 e. The Kier molecular flexibility index (Phi) is 5.41. The van der Waals surface area contributed by atoms with E-state index in [-0.39, 0.29) is 35.5 Å². The molecule has 29 heavy (non-hydrogen) atoms. The molecule has 2 heterocycles. The van der Waals surface area contributed by atoms with Crippen LogP contribution in [0.2, 0.25) is 0 Å².